The summed E-state index contributed by atoms with van der Waals surface area (Å²) < 4.78 is 4.96. The van der Waals surface area contributed by atoms with Crippen molar-refractivity contribution in [2.24, 2.45) is 5.92 Å². The molecule has 2 atom stereocenters. The maximum Gasteiger partial charge on any atom is 0.333 e. The van der Waals surface area contributed by atoms with E-state index in [-0.39, 0.29) is 11.9 Å². The Balaban J connectivity index is 1.97. The van der Waals surface area contributed by atoms with Crippen molar-refractivity contribution in [3.8, 4) is 0 Å². The Labute approximate surface area is 141 Å². The van der Waals surface area contributed by atoms with Gasteiger partial charge in [-0.1, -0.05) is 35.1 Å². The molecule has 1 heterocycles. The van der Waals surface area contributed by atoms with Crippen molar-refractivity contribution in [1.29, 1.82) is 0 Å². The fourth-order valence-electron chi connectivity index (χ4n) is 2.17. The molecule has 4 nitrogen and oxygen atoms in total. The Bertz CT molecular complexity index is 382. The fraction of sp³-hybridized carbons (Fsp3) is 0.750. The largest absolute Gasteiger partial charge is 0.462 e. The molecule has 126 valence electrons. The molecule has 6 heteroatoms. The molecule has 0 aromatic heterocycles. The maximum atomic E-state index is 11.7. The van der Waals surface area contributed by atoms with Crippen LogP contribution in [-0.4, -0.2) is 36.0 Å². The molecule has 1 aliphatic heterocycles. The highest BCUT2D eigenvalue weighted by atomic mass is 33.1. The summed E-state index contributed by atoms with van der Waals surface area (Å²) in [7, 11) is 3.97. The average molecular weight is 346 g/mol. The van der Waals surface area contributed by atoms with E-state index in [0.29, 0.717) is 37.5 Å². The van der Waals surface area contributed by atoms with Gasteiger partial charge >= 0.3 is 5.97 Å². The Hall–Kier alpha value is -0.620. The van der Waals surface area contributed by atoms with E-state index in [2.05, 4.69) is 18.8 Å². The molecule has 0 aliphatic carbocycles. The summed E-state index contributed by atoms with van der Waals surface area (Å²) in [4.78, 5) is 22.9. The molecule has 0 radical (unpaired) electrons. The van der Waals surface area contributed by atoms with Crippen LogP contribution in [0.2, 0.25) is 0 Å². The number of hydrogen-bond acceptors (Lipinski definition) is 5. The molecule has 0 bridgehead atoms. The molecule has 1 fully saturated rings. The number of hydrogen-bond donors (Lipinski definition) is 1. The lowest BCUT2D eigenvalue weighted by Gasteiger charge is -2.16. The Morgan fingerprint density at radius 1 is 1.41 bits per heavy atom. The van der Waals surface area contributed by atoms with Crippen LogP contribution in [-0.2, 0) is 14.3 Å². The third-order valence-electron chi connectivity index (χ3n) is 3.60. The van der Waals surface area contributed by atoms with Gasteiger partial charge in [0.15, 0.2) is 0 Å². The minimum atomic E-state index is -0.372. The van der Waals surface area contributed by atoms with Crippen LogP contribution in [0.15, 0.2) is 12.2 Å². The number of amides is 1. The van der Waals surface area contributed by atoms with Gasteiger partial charge in [-0.3, -0.25) is 4.79 Å². The Morgan fingerprint density at radius 3 is 2.82 bits per heavy atom. The summed E-state index contributed by atoms with van der Waals surface area (Å²) in [6, 6.07) is 0. The predicted molar refractivity (Wildman–Crippen MR) is 94.9 cm³/mol. The molecular formula is C16H27NO3S2. The van der Waals surface area contributed by atoms with Gasteiger partial charge in [0.2, 0.25) is 5.91 Å². The molecule has 1 amide bonds. The van der Waals surface area contributed by atoms with Crippen LogP contribution in [0.1, 0.15) is 46.0 Å². The van der Waals surface area contributed by atoms with E-state index >= 15 is 0 Å². The van der Waals surface area contributed by atoms with Gasteiger partial charge in [-0.05, 0) is 38.5 Å². The normalized spacial score (nSPS) is 18.7. The van der Waals surface area contributed by atoms with Crippen LogP contribution >= 0.6 is 21.6 Å². The number of ether oxygens (including phenoxy) is 1. The Morgan fingerprint density at radius 2 is 2.18 bits per heavy atom. The second kappa shape index (κ2) is 11.0. The van der Waals surface area contributed by atoms with E-state index in [0.717, 1.165) is 18.1 Å². The molecule has 0 saturated carbocycles. The van der Waals surface area contributed by atoms with Gasteiger partial charge in [0.25, 0.3) is 0 Å². The zero-order chi connectivity index (χ0) is 16.4. The van der Waals surface area contributed by atoms with E-state index < -0.39 is 0 Å². The number of nitrogens with one attached hydrogen (secondary N) is 1. The van der Waals surface area contributed by atoms with Crippen LogP contribution in [0.5, 0.6) is 0 Å². The van der Waals surface area contributed by atoms with Gasteiger partial charge in [-0.15, -0.1) is 0 Å². The van der Waals surface area contributed by atoms with Crippen molar-refractivity contribution in [2.45, 2.75) is 51.2 Å². The zero-order valence-electron chi connectivity index (χ0n) is 13.6. The van der Waals surface area contributed by atoms with Gasteiger partial charge in [-0.25, -0.2) is 4.79 Å². The lowest BCUT2D eigenvalue weighted by Crippen LogP contribution is -2.25. The lowest BCUT2D eigenvalue weighted by atomic mass is 9.98. The van der Waals surface area contributed by atoms with Crippen molar-refractivity contribution in [2.75, 3.05) is 18.9 Å². The molecule has 1 rings (SSSR count). The predicted octanol–water partition coefficient (Wildman–Crippen LogP) is 3.57. The lowest BCUT2D eigenvalue weighted by molar-refractivity contribution is -0.138. The molecule has 1 N–H and O–H groups in total. The molecule has 22 heavy (non-hydrogen) atoms. The summed E-state index contributed by atoms with van der Waals surface area (Å²) in [5.74, 6) is 1.67. The summed E-state index contributed by atoms with van der Waals surface area (Å²) in [5, 5.41) is 3.63. The summed E-state index contributed by atoms with van der Waals surface area (Å²) in [6.07, 6.45) is 4.57. The molecular weight excluding hydrogens is 318 g/mol. The van der Waals surface area contributed by atoms with Crippen LogP contribution < -0.4 is 5.32 Å². The van der Waals surface area contributed by atoms with Gasteiger partial charge in [0, 0.05) is 29.5 Å². The third kappa shape index (κ3) is 8.13. The second-order valence-electron chi connectivity index (χ2n) is 5.73. The third-order valence-corrected chi connectivity index (χ3v) is 6.74. The number of rotatable bonds is 10. The van der Waals surface area contributed by atoms with E-state index in [1.165, 1.54) is 12.2 Å². The smallest absolute Gasteiger partial charge is 0.333 e. The quantitative estimate of drug-likeness (QED) is 0.284. The first-order chi connectivity index (χ1) is 10.5. The Kier molecular flexibility index (Phi) is 9.71. The summed E-state index contributed by atoms with van der Waals surface area (Å²) in [6.45, 7) is 8.29. The van der Waals surface area contributed by atoms with Gasteiger partial charge in [0.05, 0.1) is 6.61 Å². The van der Waals surface area contributed by atoms with E-state index in [1.54, 1.807) is 6.92 Å². The standard InChI is InChI=1S/C16H27NO3S2/c1-12(2)16(19)20-10-5-9-17-15(18)7-4-6-13(3)14-8-11-21-22-14/h13-14H,1,4-11H2,2-3H3,(H,17,18). The van der Waals surface area contributed by atoms with E-state index in [9.17, 15) is 9.59 Å². The van der Waals surface area contributed by atoms with Crippen LogP contribution in [0.25, 0.3) is 0 Å². The molecule has 0 spiro atoms. The first-order valence-corrected chi connectivity index (χ1v) is 10.3. The monoisotopic (exact) mass is 345 g/mol. The van der Waals surface area contributed by atoms with Crippen molar-refractivity contribution in [1.82, 2.24) is 5.32 Å². The van der Waals surface area contributed by atoms with Crippen LogP contribution in [0.3, 0.4) is 0 Å². The van der Waals surface area contributed by atoms with Crippen molar-refractivity contribution in [3.05, 3.63) is 12.2 Å². The average Bonchev–Trinajstić information content (AvgIpc) is 3.00. The first-order valence-electron chi connectivity index (χ1n) is 7.88. The zero-order valence-corrected chi connectivity index (χ0v) is 15.2. The summed E-state index contributed by atoms with van der Waals surface area (Å²) in [5.41, 5.74) is 0.400. The SMILES string of the molecule is C=C(C)C(=O)OCCCNC(=O)CCCC(C)C1CCSS1. The minimum Gasteiger partial charge on any atom is -0.462 e. The molecule has 1 saturated heterocycles. The fourth-order valence-corrected chi connectivity index (χ4v) is 5.44. The van der Waals surface area contributed by atoms with Gasteiger partial charge in [-0.2, -0.15) is 0 Å². The molecule has 0 aromatic rings. The minimum absolute atomic E-state index is 0.0897. The van der Waals surface area contributed by atoms with Crippen molar-refractivity contribution in [3.63, 3.8) is 0 Å². The molecule has 1 aliphatic rings. The maximum absolute atomic E-state index is 11.7. The first kappa shape index (κ1) is 19.4. The van der Waals surface area contributed by atoms with Crippen molar-refractivity contribution < 1.29 is 14.3 Å². The van der Waals surface area contributed by atoms with Gasteiger partial charge < -0.3 is 10.1 Å². The van der Waals surface area contributed by atoms with E-state index in [4.69, 9.17) is 4.74 Å². The van der Waals surface area contributed by atoms with Crippen LogP contribution in [0.4, 0.5) is 0 Å². The highest BCUT2D eigenvalue weighted by Gasteiger charge is 2.22. The molecule has 2 unspecified atom stereocenters. The topological polar surface area (TPSA) is 55.4 Å². The number of esters is 1. The van der Waals surface area contributed by atoms with Gasteiger partial charge in [0.1, 0.15) is 0 Å². The summed E-state index contributed by atoms with van der Waals surface area (Å²) >= 11 is 0. The number of carbonyl (C=O) groups is 2. The molecule has 0 aromatic carbocycles. The van der Waals surface area contributed by atoms with Crippen LogP contribution in [0, 0.1) is 5.92 Å². The number of carbonyl (C=O) groups excluding carboxylic acids is 2. The van der Waals surface area contributed by atoms with E-state index in [1.807, 2.05) is 21.6 Å². The van der Waals surface area contributed by atoms with Crippen molar-refractivity contribution >= 4 is 33.5 Å². The second-order valence-corrected chi connectivity index (χ2v) is 8.46. The highest BCUT2D eigenvalue weighted by Crippen LogP contribution is 2.42. The highest BCUT2D eigenvalue weighted by molar-refractivity contribution is 8.77.